The van der Waals surface area contributed by atoms with Crippen LogP contribution < -0.4 is 0 Å². The summed E-state index contributed by atoms with van der Waals surface area (Å²) < 4.78 is 4.93. The third kappa shape index (κ3) is 5.38. The summed E-state index contributed by atoms with van der Waals surface area (Å²) in [6.07, 6.45) is -0.0502. The highest BCUT2D eigenvalue weighted by atomic mass is 16.5. The third-order valence-electron chi connectivity index (χ3n) is 11.4. The summed E-state index contributed by atoms with van der Waals surface area (Å²) in [5.41, 5.74) is -3.33. The molecule has 0 heterocycles. The molecule has 0 aromatic heterocycles. The van der Waals surface area contributed by atoms with Crippen molar-refractivity contribution in [1.29, 1.82) is 0 Å². The van der Waals surface area contributed by atoms with E-state index in [0.29, 0.717) is 16.7 Å². The second-order valence-electron chi connectivity index (χ2n) is 15.5. The van der Waals surface area contributed by atoms with Crippen molar-refractivity contribution in [2.75, 3.05) is 6.61 Å². The Morgan fingerprint density at radius 2 is 1.64 bits per heavy atom. The summed E-state index contributed by atoms with van der Waals surface area (Å²) in [6, 6.07) is 8.25. The second kappa shape index (κ2) is 12.8. The summed E-state index contributed by atoms with van der Waals surface area (Å²) in [6.45, 7) is 13.6. The summed E-state index contributed by atoms with van der Waals surface area (Å²) in [5, 5.41) is 24.2. The number of aliphatic hydroxyl groups is 1. The van der Waals surface area contributed by atoms with E-state index in [0.717, 1.165) is 12.5 Å². The van der Waals surface area contributed by atoms with Gasteiger partial charge in [-0.15, -0.1) is 0 Å². The van der Waals surface area contributed by atoms with E-state index in [9.17, 15) is 43.8 Å². The van der Waals surface area contributed by atoms with Gasteiger partial charge in [-0.05, 0) is 72.8 Å². The maximum atomic E-state index is 14.7. The Hall–Kier alpha value is -4.31. The van der Waals surface area contributed by atoms with Crippen molar-refractivity contribution in [3.8, 4) is 16.9 Å². The number of carbonyl (C=O) groups excluding carboxylic acids is 7. The van der Waals surface area contributed by atoms with Gasteiger partial charge in [-0.2, -0.15) is 0 Å². The van der Waals surface area contributed by atoms with Crippen molar-refractivity contribution >= 4 is 40.7 Å². The van der Waals surface area contributed by atoms with Crippen LogP contribution in [0.3, 0.4) is 0 Å². The summed E-state index contributed by atoms with van der Waals surface area (Å²) in [7, 11) is 0. The fourth-order valence-electron chi connectivity index (χ4n) is 9.42. The van der Waals surface area contributed by atoms with E-state index in [4.69, 9.17) is 4.74 Å². The van der Waals surface area contributed by atoms with E-state index in [-0.39, 0.29) is 55.1 Å². The van der Waals surface area contributed by atoms with Crippen LogP contribution in [-0.4, -0.2) is 63.1 Å². The topological polar surface area (TPSA) is 169 Å². The smallest absolute Gasteiger partial charge is 0.306 e. The van der Waals surface area contributed by atoms with Crippen LogP contribution in [0.15, 0.2) is 30.3 Å². The Balaban J connectivity index is 1.66. The normalized spacial score (nSPS) is 29.1. The number of hydrogen-bond acceptors (Lipinski definition) is 10. The molecule has 0 bridgehead atoms. The van der Waals surface area contributed by atoms with Crippen molar-refractivity contribution in [3.63, 3.8) is 0 Å². The average molecular weight is 687 g/mol. The highest BCUT2D eigenvalue weighted by Crippen LogP contribution is 2.64. The van der Waals surface area contributed by atoms with E-state index in [1.165, 1.54) is 0 Å². The minimum Gasteiger partial charge on any atom is -0.507 e. The van der Waals surface area contributed by atoms with Gasteiger partial charge in [0.25, 0.3) is 0 Å². The van der Waals surface area contributed by atoms with Crippen LogP contribution >= 0.6 is 0 Å². The number of ether oxygens (including phenoxy) is 1. The first kappa shape index (κ1) is 37.0. The monoisotopic (exact) mass is 686 g/mol. The molecule has 2 N–H and O–H groups in total. The molecule has 0 saturated heterocycles. The van der Waals surface area contributed by atoms with Gasteiger partial charge in [-0.1, -0.05) is 59.7 Å². The van der Waals surface area contributed by atoms with Crippen LogP contribution in [0.4, 0.5) is 0 Å². The molecule has 2 fully saturated rings. The molecule has 3 aliphatic carbocycles. The van der Waals surface area contributed by atoms with Gasteiger partial charge in [0.05, 0.1) is 24.5 Å². The fourth-order valence-corrected chi connectivity index (χ4v) is 9.42. The minimum absolute atomic E-state index is 0.0287. The average Bonchev–Trinajstić information content (AvgIpc) is 3.01. The van der Waals surface area contributed by atoms with Crippen LogP contribution in [0.25, 0.3) is 11.1 Å². The minimum atomic E-state index is -2.78. The number of benzene rings is 2. The lowest BCUT2D eigenvalue weighted by Gasteiger charge is -2.62. The number of phenolic OH excluding ortho intramolecular Hbond substituents is 1. The number of phenols is 1. The number of esters is 1. The van der Waals surface area contributed by atoms with Gasteiger partial charge in [0.15, 0.2) is 34.5 Å². The number of Topliss-reactive ketones (excluding diaryl/α,β-unsaturated/α-hetero) is 6. The molecule has 0 spiro atoms. The predicted molar refractivity (Wildman–Crippen MR) is 183 cm³/mol. The molecular weight excluding hydrogens is 640 g/mol. The lowest BCUT2D eigenvalue weighted by Crippen LogP contribution is -2.76. The van der Waals surface area contributed by atoms with E-state index in [1.54, 1.807) is 65.0 Å². The lowest BCUT2D eigenvalue weighted by molar-refractivity contribution is -0.205. The van der Waals surface area contributed by atoms with Crippen LogP contribution in [0.1, 0.15) is 112 Å². The largest absolute Gasteiger partial charge is 0.507 e. The standard InChI is InChI=1S/C40H46O10/c1-9-50-28(43)14-13-27(42)23-12-10-11-22(15-23)25-16-24(19(2)3)26-17-38(7)18-39(8)31(20(4)5)34(45)29(21(6)41)36(47)40(39,49)37(48)32(38)35(46)30(26)33(25)44/h10-12,15-16,19-20,29,31-32,44,49H,9,13-14,17-18H2,1-8H3/t29?,31?,32?,38-,39-,40+/m1/s1. The maximum absolute atomic E-state index is 14.7. The number of aromatic hydroxyl groups is 1. The molecule has 10 nitrogen and oxygen atoms in total. The number of fused-ring (bicyclic) bond motifs is 3. The molecular formula is C40H46O10. The molecule has 5 rings (SSSR count). The number of hydrogen-bond donors (Lipinski definition) is 2. The molecule has 6 atom stereocenters. The summed E-state index contributed by atoms with van der Waals surface area (Å²) >= 11 is 0. The number of rotatable bonds is 9. The molecule has 3 unspecified atom stereocenters. The van der Waals surface area contributed by atoms with Crippen molar-refractivity contribution in [1.82, 2.24) is 0 Å². The molecule has 10 heteroatoms. The summed E-state index contributed by atoms with van der Waals surface area (Å²) in [5.74, 6) is -10.5. The van der Waals surface area contributed by atoms with Crippen molar-refractivity contribution < 1.29 is 48.5 Å². The molecule has 50 heavy (non-hydrogen) atoms. The first-order valence-electron chi connectivity index (χ1n) is 17.3. The molecule has 0 amide bonds. The zero-order valence-corrected chi connectivity index (χ0v) is 30.0. The van der Waals surface area contributed by atoms with Crippen molar-refractivity contribution in [3.05, 3.63) is 52.6 Å². The van der Waals surface area contributed by atoms with Gasteiger partial charge >= 0.3 is 5.97 Å². The van der Waals surface area contributed by atoms with Gasteiger partial charge in [0, 0.05) is 28.9 Å². The van der Waals surface area contributed by atoms with Crippen molar-refractivity contribution in [2.24, 2.45) is 34.5 Å². The van der Waals surface area contributed by atoms with Crippen molar-refractivity contribution in [2.45, 2.75) is 92.6 Å². The molecule has 2 aromatic carbocycles. The lowest BCUT2D eigenvalue weighted by atomic mass is 9.39. The Bertz CT molecular complexity index is 1850. The first-order chi connectivity index (χ1) is 23.3. The van der Waals surface area contributed by atoms with Crippen LogP contribution in [0.2, 0.25) is 0 Å². The van der Waals surface area contributed by atoms with Crippen LogP contribution in [0, 0.1) is 34.5 Å². The SMILES string of the molecule is CCOC(=O)CCC(=O)c1cccc(-c2cc(C(C)C)c3c(c2O)C(=O)C2C(=O)[C@@]4(O)C(=O)C(C(C)=O)C(=O)C(C(C)C)[C@@]4(C)C[C@@]2(C)C3)c1. The Morgan fingerprint density at radius 1 is 0.980 bits per heavy atom. The van der Waals surface area contributed by atoms with Gasteiger partial charge in [-0.3, -0.25) is 33.6 Å². The third-order valence-corrected chi connectivity index (χ3v) is 11.4. The Kier molecular flexibility index (Phi) is 9.45. The van der Waals surface area contributed by atoms with Crippen LogP contribution in [-0.2, 0) is 35.1 Å². The molecule has 2 aromatic rings. The van der Waals surface area contributed by atoms with E-state index < -0.39 is 80.7 Å². The number of carbonyl (C=O) groups is 7. The van der Waals surface area contributed by atoms with E-state index in [1.807, 2.05) is 13.8 Å². The fraction of sp³-hybridized carbons (Fsp3) is 0.525. The first-order valence-corrected chi connectivity index (χ1v) is 17.3. The van der Waals surface area contributed by atoms with Crippen LogP contribution in [0.5, 0.6) is 5.75 Å². The Morgan fingerprint density at radius 3 is 2.22 bits per heavy atom. The van der Waals surface area contributed by atoms with Gasteiger partial charge in [-0.25, -0.2) is 0 Å². The number of ketones is 6. The zero-order valence-electron chi connectivity index (χ0n) is 30.0. The zero-order chi connectivity index (χ0) is 37.2. The summed E-state index contributed by atoms with van der Waals surface area (Å²) in [4.78, 5) is 94.6. The van der Waals surface area contributed by atoms with Gasteiger partial charge in [0.1, 0.15) is 17.5 Å². The molecule has 0 radical (unpaired) electrons. The maximum Gasteiger partial charge on any atom is 0.306 e. The Labute approximate surface area is 292 Å². The highest BCUT2D eigenvalue weighted by molar-refractivity contribution is 6.32. The van der Waals surface area contributed by atoms with Gasteiger partial charge in [0.2, 0.25) is 0 Å². The molecule has 0 aliphatic heterocycles. The predicted octanol–water partition coefficient (Wildman–Crippen LogP) is 5.41. The molecule has 2 saturated carbocycles. The molecule has 266 valence electrons. The molecule has 3 aliphatic rings. The van der Waals surface area contributed by atoms with E-state index >= 15 is 0 Å². The highest BCUT2D eigenvalue weighted by Gasteiger charge is 2.76. The van der Waals surface area contributed by atoms with Gasteiger partial charge < -0.3 is 14.9 Å². The van der Waals surface area contributed by atoms with E-state index in [2.05, 4.69) is 0 Å². The second-order valence-corrected chi connectivity index (χ2v) is 15.5. The quantitative estimate of drug-likeness (QED) is 0.198.